The highest BCUT2D eigenvalue weighted by molar-refractivity contribution is 7.89. The third-order valence-corrected chi connectivity index (χ3v) is 13.7. The zero-order chi connectivity index (χ0) is 40.7. The molecule has 0 spiro atoms. The highest BCUT2D eigenvalue weighted by atomic mass is 32.2. The molecule has 4 aromatic rings. The summed E-state index contributed by atoms with van der Waals surface area (Å²) in [6, 6.07) is 25.2. The van der Waals surface area contributed by atoms with E-state index >= 15 is 0 Å². The van der Waals surface area contributed by atoms with Crippen LogP contribution in [0.15, 0.2) is 120 Å². The maximum absolute atomic E-state index is 13.2. The van der Waals surface area contributed by atoms with Crippen LogP contribution in [0, 0.1) is 17.3 Å². The summed E-state index contributed by atoms with van der Waals surface area (Å²) in [7, 11) is -3.73. The Balaban J connectivity index is 1.21. The fourth-order valence-corrected chi connectivity index (χ4v) is 10.8. The molecule has 0 aromatic heterocycles. The number of carbonyl (C=O) groups is 2. The standard InChI is InChI=1S/C48H52N4O4S/c1-9-49-42(53)28-51-38-22-18-30-14-10-12-16-34(30)44(38)47(4,5)40(51)24-20-32-26-33(37-27-36(32)46(37,2)3)21-25-41-48(6,7)45-35-17-13-11-15-31(35)19-23-39(45)52(41)29-43(54)50-57(8,55)56/h10-26,36-37H,9,27-29H2,1-8H3,(H-,49,50,53,54)/p+1. The first-order valence-corrected chi connectivity index (χ1v) is 21.9. The maximum atomic E-state index is 13.2. The summed E-state index contributed by atoms with van der Waals surface area (Å²) >= 11 is 0. The SMILES string of the molecule is CCNC(=O)CN1C(=CC=C2C=C(C=CC3=[N+](CC(=O)NS(C)(=O)=O)c4ccc5ccccc5c4C3(C)C)C3CC2C3(C)C)C(C)(C)c2c1ccc1ccccc21. The van der Waals surface area contributed by atoms with Crippen molar-refractivity contribution < 1.29 is 22.6 Å². The molecule has 4 aromatic carbocycles. The highest BCUT2D eigenvalue weighted by Gasteiger charge is 2.53. The number of rotatable bonds is 9. The van der Waals surface area contributed by atoms with Gasteiger partial charge in [0.1, 0.15) is 6.54 Å². The first-order chi connectivity index (χ1) is 26.9. The Bertz CT molecular complexity index is 2660. The van der Waals surface area contributed by atoms with Gasteiger partial charge in [-0.2, -0.15) is 4.58 Å². The molecule has 9 rings (SSSR count). The first-order valence-electron chi connectivity index (χ1n) is 20.0. The van der Waals surface area contributed by atoms with Crippen molar-refractivity contribution in [1.82, 2.24) is 10.0 Å². The summed E-state index contributed by atoms with van der Waals surface area (Å²) in [5, 5.41) is 7.62. The van der Waals surface area contributed by atoms with Crippen molar-refractivity contribution in [2.75, 3.05) is 30.8 Å². The molecule has 9 heteroatoms. The lowest BCUT2D eigenvalue weighted by molar-refractivity contribution is -0.425. The lowest BCUT2D eigenvalue weighted by Gasteiger charge is -2.57. The van der Waals surface area contributed by atoms with Gasteiger partial charge in [0.15, 0.2) is 5.71 Å². The number of fused-ring (bicyclic) bond motifs is 7. The van der Waals surface area contributed by atoms with E-state index in [4.69, 9.17) is 0 Å². The molecule has 294 valence electrons. The van der Waals surface area contributed by atoms with Crippen LogP contribution in [0.5, 0.6) is 0 Å². The topological polar surface area (TPSA) is 98.6 Å². The van der Waals surface area contributed by atoms with E-state index in [0.29, 0.717) is 18.4 Å². The van der Waals surface area contributed by atoms with Crippen molar-refractivity contribution in [3.63, 3.8) is 0 Å². The molecular formula is C48H53N4O4S+. The zero-order valence-corrected chi connectivity index (χ0v) is 35.1. The molecular weight excluding hydrogens is 729 g/mol. The van der Waals surface area contributed by atoms with Crippen LogP contribution in [0.25, 0.3) is 21.5 Å². The molecule has 2 aliphatic heterocycles. The van der Waals surface area contributed by atoms with Crippen LogP contribution in [0.4, 0.5) is 11.4 Å². The minimum absolute atomic E-state index is 0.00820. The number of nitrogens with zero attached hydrogens (tertiary/aromatic N) is 2. The average Bonchev–Trinajstić information content (AvgIpc) is 3.49. The predicted molar refractivity (Wildman–Crippen MR) is 232 cm³/mol. The minimum atomic E-state index is -3.73. The fraction of sp³-hybridized carbons (Fsp3) is 0.354. The Hall–Kier alpha value is -5.28. The van der Waals surface area contributed by atoms with Crippen molar-refractivity contribution in [2.24, 2.45) is 17.3 Å². The van der Waals surface area contributed by atoms with E-state index in [9.17, 15) is 18.0 Å². The maximum Gasteiger partial charge on any atom is 0.299 e. The van der Waals surface area contributed by atoms with E-state index < -0.39 is 21.3 Å². The molecule has 2 amide bonds. The number of likely N-dealkylation sites (N-methyl/N-ethyl adjacent to an activating group) is 1. The third-order valence-electron chi connectivity index (χ3n) is 13.1. The lowest BCUT2D eigenvalue weighted by Crippen LogP contribution is -2.48. The summed E-state index contributed by atoms with van der Waals surface area (Å²) < 4.78 is 28.3. The van der Waals surface area contributed by atoms with Crippen LogP contribution in [-0.4, -0.2) is 56.4 Å². The second-order valence-electron chi connectivity index (χ2n) is 17.8. The molecule has 1 fully saturated rings. The average molecular weight is 782 g/mol. The molecule has 3 aliphatic carbocycles. The Morgan fingerprint density at radius 3 is 2.11 bits per heavy atom. The van der Waals surface area contributed by atoms with Gasteiger partial charge in [0.2, 0.25) is 28.2 Å². The molecule has 8 nitrogen and oxygen atoms in total. The molecule has 0 saturated heterocycles. The number of hydrogen-bond acceptors (Lipinski definition) is 5. The van der Waals surface area contributed by atoms with Crippen molar-refractivity contribution in [1.29, 1.82) is 0 Å². The molecule has 5 aliphatic rings. The van der Waals surface area contributed by atoms with Gasteiger partial charge < -0.3 is 10.2 Å². The van der Waals surface area contributed by atoms with Gasteiger partial charge in [-0.05, 0) is 101 Å². The summed E-state index contributed by atoms with van der Waals surface area (Å²) in [4.78, 5) is 28.6. The molecule has 1 saturated carbocycles. The monoisotopic (exact) mass is 781 g/mol. The van der Waals surface area contributed by atoms with Gasteiger partial charge in [-0.3, -0.25) is 9.59 Å². The van der Waals surface area contributed by atoms with Gasteiger partial charge in [0.05, 0.1) is 11.7 Å². The quantitative estimate of drug-likeness (QED) is 0.167. The van der Waals surface area contributed by atoms with Gasteiger partial charge in [0, 0.05) is 41.1 Å². The van der Waals surface area contributed by atoms with Crippen LogP contribution >= 0.6 is 0 Å². The number of hydrogen-bond donors (Lipinski definition) is 2. The summed E-state index contributed by atoms with van der Waals surface area (Å²) in [6.07, 6.45) is 13.3. The molecule has 2 heterocycles. The lowest BCUT2D eigenvalue weighted by atomic mass is 9.47. The number of benzene rings is 4. The van der Waals surface area contributed by atoms with Gasteiger partial charge in [-0.15, -0.1) is 0 Å². The van der Waals surface area contributed by atoms with Crippen molar-refractivity contribution in [3.05, 3.63) is 131 Å². The smallest absolute Gasteiger partial charge is 0.299 e. The van der Waals surface area contributed by atoms with Gasteiger partial charge in [-0.25, -0.2) is 13.1 Å². The van der Waals surface area contributed by atoms with Crippen molar-refractivity contribution >= 4 is 60.5 Å². The molecule has 2 atom stereocenters. The van der Waals surface area contributed by atoms with E-state index in [1.54, 1.807) is 0 Å². The van der Waals surface area contributed by atoms with E-state index in [0.717, 1.165) is 51.8 Å². The normalized spacial score (nSPS) is 22.9. The molecule has 0 radical (unpaired) electrons. The predicted octanol–water partition coefficient (Wildman–Crippen LogP) is 8.35. The number of anilines is 1. The summed E-state index contributed by atoms with van der Waals surface area (Å²) in [5.41, 5.74) is 8.06. The van der Waals surface area contributed by atoms with Crippen molar-refractivity contribution in [2.45, 2.75) is 65.7 Å². The van der Waals surface area contributed by atoms with Gasteiger partial charge >= 0.3 is 0 Å². The second-order valence-corrected chi connectivity index (χ2v) is 19.5. The van der Waals surface area contributed by atoms with E-state index in [1.165, 1.54) is 27.5 Å². The Morgan fingerprint density at radius 1 is 0.807 bits per heavy atom. The fourth-order valence-electron chi connectivity index (χ4n) is 10.3. The zero-order valence-electron chi connectivity index (χ0n) is 34.2. The van der Waals surface area contributed by atoms with Gasteiger partial charge in [0.25, 0.3) is 5.91 Å². The van der Waals surface area contributed by atoms with Crippen LogP contribution < -0.4 is 14.9 Å². The Morgan fingerprint density at radius 2 is 1.46 bits per heavy atom. The number of nitrogens with one attached hydrogen (secondary N) is 2. The largest absolute Gasteiger partial charge is 0.355 e. The molecule has 2 bridgehead atoms. The van der Waals surface area contributed by atoms with E-state index in [2.05, 4.69) is 141 Å². The molecule has 2 unspecified atom stereocenters. The van der Waals surface area contributed by atoms with Crippen LogP contribution in [0.1, 0.15) is 66.0 Å². The third kappa shape index (κ3) is 6.44. The van der Waals surface area contributed by atoms with Gasteiger partial charge in [-0.1, -0.05) is 101 Å². The van der Waals surface area contributed by atoms with E-state index in [-0.39, 0.29) is 29.8 Å². The number of allylic oxidation sites excluding steroid dienone is 8. The molecule has 57 heavy (non-hydrogen) atoms. The Labute approximate surface area is 336 Å². The number of amides is 2. The highest BCUT2D eigenvalue weighted by Crippen LogP contribution is 2.61. The van der Waals surface area contributed by atoms with Crippen molar-refractivity contribution in [3.8, 4) is 0 Å². The summed E-state index contributed by atoms with van der Waals surface area (Å²) in [5.74, 6) is 0.172. The minimum Gasteiger partial charge on any atom is -0.355 e. The first kappa shape index (κ1) is 38.6. The van der Waals surface area contributed by atoms with Crippen LogP contribution in [-0.2, 0) is 30.4 Å². The number of carbonyl (C=O) groups excluding carboxylic acids is 2. The molecule has 2 N–H and O–H groups in total. The van der Waals surface area contributed by atoms with Crippen LogP contribution in [0.2, 0.25) is 0 Å². The second kappa shape index (κ2) is 13.7. The summed E-state index contributed by atoms with van der Waals surface area (Å²) in [6.45, 7) is 16.2. The Kier molecular flexibility index (Phi) is 9.26. The number of sulfonamides is 1. The van der Waals surface area contributed by atoms with E-state index in [1.807, 2.05) is 29.7 Å². The van der Waals surface area contributed by atoms with Crippen LogP contribution in [0.3, 0.4) is 0 Å².